The van der Waals surface area contributed by atoms with Crippen LogP contribution >= 0.6 is 22.7 Å². The van der Waals surface area contributed by atoms with Gasteiger partial charge in [0, 0.05) is 22.9 Å². The summed E-state index contributed by atoms with van der Waals surface area (Å²) in [6.45, 7) is 1.80. The molecule has 1 aliphatic rings. The van der Waals surface area contributed by atoms with E-state index in [2.05, 4.69) is 32.1 Å². The average molecular weight is 292 g/mol. The smallest absolute Gasteiger partial charge is 0.137 e. The van der Waals surface area contributed by atoms with Crippen molar-refractivity contribution in [2.75, 3.05) is 6.54 Å². The largest absolute Gasteiger partial charge is 0.302 e. The summed E-state index contributed by atoms with van der Waals surface area (Å²) in [6.07, 6.45) is 4.43. The molecule has 19 heavy (non-hydrogen) atoms. The first-order valence-electron chi connectivity index (χ1n) is 6.53. The second-order valence-electron chi connectivity index (χ2n) is 4.83. The van der Waals surface area contributed by atoms with E-state index < -0.39 is 0 Å². The maximum absolute atomic E-state index is 11.1. The van der Waals surface area contributed by atoms with Gasteiger partial charge in [0.15, 0.2) is 0 Å². The minimum Gasteiger partial charge on any atom is -0.302 e. The quantitative estimate of drug-likeness (QED) is 0.810. The molecule has 0 aromatic carbocycles. The number of thiophene rings is 1. The summed E-state index contributed by atoms with van der Waals surface area (Å²) >= 11 is 3.38. The molecule has 1 saturated heterocycles. The molecule has 0 N–H and O–H groups in total. The number of piperidine rings is 1. The molecule has 2 aromatic heterocycles. The van der Waals surface area contributed by atoms with Crippen molar-refractivity contribution in [1.29, 1.82) is 0 Å². The Morgan fingerprint density at radius 2 is 2.37 bits per heavy atom. The van der Waals surface area contributed by atoms with Gasteiger partial charge in [-0.05, 0) is 30.8 Å². The number of hydrogen-bond acceptors (Lipinski definition) is 5. The average Bonchev–Trinajstić information content (AvgIpc) is 3.09. The van der Waals surface area contributed by atoms with E-state index >= 15 is 0 Å². The Kier molecular flexibility index (Phi) is 4.06. The van der Waals surface area contributed by atoms with Crippen LogP contribution in [0.1, 0.15) is 25.0 Å². The molecule has 3 heterocycles. The lowest BCUT2D eigenvalue weighted by Gasteiger charge is -2.31. The fourth-order valence-electron chi connectivity index (χ4n) is 2.47. The number of carbonyl (C=O) groups excluding carboxylic acids is 1. The first-order chi connectivity index (χ1) is 9.36. The number of carbonyl (C=O) groups is 1. The Balaban J connectivity index is 1.71. The molecular formula is C14H16N2OS2. The van der Waals surface area contributed by atoms with E-state index in [0.717, 1.165) is 42.9 Å². The molecule has 100 valence electrons. The number of thiazole rings is 1. The van der Waals surface area contributed by atoms with Gasteiger partial charge in [0.1, 0.15) is 11.3 Å². The lowest BCUT2D eigenvalue weighted by Crippen LogP contribution is -2.39. The van der Waals surface area contributed by atoms with Crippen LogP contribution in [0, 0.1) is 0 Å². The third-order valence-electron chi connectivity index (χ3n) is 3.51. The van der Waals surface area contributed by atoms with Gasteiger partial charge < -0.3 is 4.79 Å². The van der Waals surface area contributed by atoms with Crippen LogP contribution in [0.4, 0.5) is 0 Å². The molecule has 1 unspecified atom stereocenters. The van der Waals surface area contributed by atoms with Gasteiger partial charge in [-0.1, -0.05) is 6.42 Å². The summed E-state index contributed by atoms with van der Waals surface area (Å²) in [4.78, 5) is 18.0. The summed E-state index contributed by atoms with van der Waals surface area (Å²) in [7, 11) is 0. The second kappa shape index (κ2) is 5.94. The highest BCUT2D eigenvalue weighted by atomic mass is 32.1. The van der Waals surface area contributed by atoms with Crippen molar-refractivity contribution in [2.24, 2.45) is 0 Å². The number of aromatic nitrogens is 1. The third kappa shape index (κ3) is 2.94. The zero-order chi connectivity index (χ0) is 13.1. The molecule has 1 atom stereocenters. The summed E-state index contributed by atoms with van der Waals surface area (Å²) in [5.74, 6) is 0. The van der Waals surface area contributed by atoms with E-state index in [9.17, 15) is 4.79 Å². The highest BCUT2D eigenvalue weighted by Crippen LogP contribution is 2.27. The molecule has 3 rings (SSSR count). The molecule has 0 spiro atoms. The van der Waals surface area contributed by atoms with Crippen molar-refractivity contribution in [3.63, 3.8) is 0 Å². The molecule has 3 nitrogen and oxygen atoms in total. The van der Waals surface area contributed by atoms with Crippen molar-refractivity contribution in [3.8, 4) is 10.6 Å². The van der Waals surface area contributed by atoms with Gasteiger partial charge in [-0.2, -0.15) is 11.3 Å². The van der Waals surface area contributed by atoms with Crippen LogP contribution in [0.2, 0.25) is 0 Å². The summed E-state index contributed by atoms with van der Waals surface area (Å²) < 4.78 is 0. The van der Waals surface area contributed by atoms with E-state index in [4.69, 9.17) is 0 Å². The Morgan fingerprint density at radius 3 is 3.16 bits per heavy atom. The van der Waals surface area contributed by atoms with E-state index in [-0.39, 0.29) is 6.04 Å². The maximum Gasteiger partial charge on any atom is 0.137 e. The fraction of sp³-hybridized carbons (Fsp3) is 0.429. The molecule has 0 saturated carbocycles. The zero-order valence-corrected chi connectivity index (χ0v) is 12.3. The van der Waals surface area contributed by atoms with Crippen molar-refractivity contribution < 1.29 is 4.79 Å². The molecule has 0 bridgehead atoms. The van der Waals surface area contributed by atoms with Crippen LogP contribution in [0.15, 0.2) is 22.2 Å². The highest BCUT2D eigenvalue weighted by molar-refractivity contribution is 7.14. The van der Waals surface area contributed by atoms with E-state index in [1.54, 1.807) is 22.7 Å². The molecular weight excluding hydrogens is 276 g/mol. The third-order valence-corrected chi connectivity index (χ3v) is 5.13. The van der Waals surface area contributed by atoms with Gasteiger partial charge >= 0.3 is 0 Å². The topological polar surface area (TPSA) is 33.2 Å². The predicted octanol–water partition coefficient (Wildman–Crippen LogP) is 3.43. The maximum atomic E-state index is 11.1. The first-order valence-corrected chi connectivity index (χ1v) is 8.35. The van der Waals surface area contributed by atoms with E-state index in [0.29, 0.717) is 0 Å². The number of aldehydes is 1. The number of nitrogens with zero attached hydrogens (tertiary/aromatic N) is 2. The summed E-state index contributed by atoms with van der Waals surface area (Å²) in [6, 6.07) is 2.18. The molecule has 0 radical (unpaired) electrons. The van der Waals surface area contributed by atoms with Crippen molar-refractivity contribution in [1.82, 2.24) is 9.88 Å². The van der Waals surface area contributed by atoms with Crippen molar-refractivity contribution >= 4 is 29.0 Å². The minimum atomic E-state index is 0.0834. The summed E-state index contributed by atoms with van der Waals surface area (Å²) in [5.41, 5.74) is 2.28. The van der Waals surface area contributed by atoms with Crippen LogP contribution in [0.5, 0.6) is 0 Å². The Labute approximate surface area is 120 Å². The lowest BCUT2D eigenvalue weighted by atomic mass is 10.0. The van der Waals surface area contributed by atoms with E-state index in [1.807, 2.05) is 0 Å². The van der Waals surface area contributed by atoms with Crippen LogP contribution in [-0.4, -0.2) is 28.8 Å². The Bertz CT molecular complexity index is 535. The number of hydrogen-bond donors (Lipinski definition) is 0. The van der Waals surface area contributed by atoms with Gasteiger partial charge in [-0.3, -0.25) is 4.90 Å². The first kappa shape index (κ1) is 13.0. The summed E-state index contributed by atoms with van der Waals surface area (Å²) in [5, 5.41) is 7.39. The van der Waals surface area contributed by atoms with Gasteiger partial charge in [0.25, 0.3) is 0 Å². The normalized spacial score (nSPS) is 20.5. The van der Waals surface area contributed by atoms with Crippen molar-refractivity contribution in [2.45, 2.75) is 31.8 Å². The molecule has 2 aromatic rings. The second-order valence-corrected chi connectivity index (χ2v) is 6.46. The molecule has 0 aliphatic carbocycles. The van der Waals surface area contributed by atoms with Gasteiger partial charge in [0.2, 0.25) is 0 Å². The van der Waals surface area contributed by atoms with Gasteiger partial charge in [-0.15, -0.1) is 11.3 Å². The minimum absolute atomic E-state index is 0.0834. The molecule has 0 amide bonds. The van der Waals surface area contributed by atoms with Crippen LogP contribution < -0.4 is 0 Å². The highest BCUT2D eigenvalue weighted by Gasteiger charge is 2.22. The Hall–Kier alpha value is -1.04. The monoisotopic (exact) mass is 292 g/mol. The van der Waals surface area contributed by atoms with Crippen LogP contribution in [-0.2, 0) is 11.3 Å². The Morgan fingerprint density at radius 1 is 1.42 bits per heavy atom. The fourth-order valence-corrected chi connectivity index (χ4v) is 4.00. The SMILES string of the molecule is O=CC1CCCCN1Cc1csc(-c2ccsc2)n1. The predicted molar refractivity (Wildman–Crippen MR) is 79.5 cm³/mol. The standard InChI is InChI=1S/C14H16N2OS2/c17-8-13-3-1-2-5-16(13)7-12-10-19-14(15-12)11-4-6-18-9-11/h4,6,8-10,13H,1-3,5,7H2. The number of rotatable bonds is 4. The van der Waals surface area contributed by atoms with Crippen LogP contribution in [0.25, 0.3) is 10.6 Å². The molecule has 5 heteroatoms. The van der Waals surface area contributed by atoms with Crippen LogP contribution in [0.3, 0.4) is 0 Å². The van der Waals surface area contributed by atoms with Gasteiger partial charge in [0.05, 0.1) is 11.7 Å². The lowest BCUT2D eigenvalue weighted by molar-refractivity contribution is -0.113. The van der Waals surface area contributed by atoms with Gasteiger partial charge in [-0.25, -0.2) is 4.98 Å². The van der Waals surface area contributed by atoms with E-state index in [1.165, 1.54) is 12.0 Å². The molecule has 1 fully saturated rings. The number of likely N-dealkylation sites (tertiary alicyclic amines) is 1. The van der Waals surface area contributed by atoms with Crippen molar-refractivity contribution in [3.05, 3.63) is 27.9 Å². The zero-order valence-electron chi connectivity index (χ0n) is 10.6. The molecule has 1 aliphatic heterocycles.